The van der Waals surface area contributed by atoms with E-state index in [0.29, 0.717) is 23.9 Å². The van der Waals surface area contributed by atoms with Crippen LogP contribution in [0.25, 0.3) is 0 Å². The van der Waals surface area contributed by atoms with Crippen molar-refractivity contribution in [2.45, 2.75) is 26.4 Å². The van der Waals surface area contributed by atoms with Crippen LogP contribution in [-0.2, 0) is 9.53 Å². The highest BCUT2D eigenvalue weighted by atomic mass is 35.5. The van der Waals surface area contributed by atoms with Gasteiger partial charge in [0.1, 0.15) is 5.75 Å². The summed E-state index contributed by atoms with van der Waals surface area (Å²) in [7, 11) is 0. The fourth-order valence-corrected chi connectivity index (χ4v) is 1.57. The molecule has 0 spiro atoms. The van der Waals surface area contributed by atoms with E-state index in [-0.39, 0.29) is 18.6 Å². The van der Waals surface area contributed by atoms with E-state index < -0.39 is 0 Å². The normalized spacial score (nSPS) is 10.5. The van der Waals surface area contributed by atoms with Gasteiger partial charge in [0.2, 0.25) is 0 Å². The van der Waals surface area contributed by atoms with Crippen LogP contribution in [0.5, 0.6) is 5.75 Å². The van der Waals surface area contributed by atoms with Crippen molar-refractivity contribution in [3.05, 3.63) is 29.3 Å². The summed E-state index contributed by atoms with van der Waals surface area (Å²) in [4.78, 5) is 11.5. The Morgan fingerprint density at radius 1 is 1.37 bits per heavy atom. The number of carbonyl (C=O) groups excluding carboxylic acids is 1. The summed E-state index contributed by atoms with van der Waals surface area (Å²) in [5.74, 6) is 0.354. The van der Waals surface area contributed by atoms with Gasteiger partial charge < -0.3 is 14.8 Å². The van der Waals surface area contributed by atoms with Crippen LogP contribution in [0, 0.1) is 0 Å². The van der Waals surface area contributed by atoms with E-state index in [1.54, 1.807) is 12.1 Å². The van der Waals surface area contributed by atoms with Gasteiger partial charge in [-0.25, -0.2) is 0 Å². The first-order chi connectivity index (χ1) is 9.09. The summed E-state index contributed by atoms with van der Waals surface area (Å²) in [5, 5.41) is 3.26. The first kappa shape index (κ1) is 15.8. The molecule has 0 aliphatic carbocycles. The third kappa shape index (κ3) is 7.03. The first-order valence-electron chi connectivity index (χ1n) is 6.35. The molecule has 1 aromatic rings. The Balaban J connectivity index is 2.13. The number of carbonyl (C=O) groups is 1. The summed E-state index contributed by atoms with van der Waals surface area (Å²) in [5.41, 5.74) is 0. The Hall–Kier alpha value is -1.26. The molecule has 4 nitrogen and oxygen atoms in total. The average molecular weight is 286 g/mol. The number of benzene rings is 1. The lowest BCUT2D eigenvalue weighted by atomic mass is 10.3. The van der Waals surface area contributed by atoms with E-state index in [1.807, 2.05) is 26.0 Å². The second kappa shape index (κ2) is 8.77. The van der Waals surface area contributed by atoms with Crippen LogP contribution >= 0.6 is 11.6 Å². The quantitative estimate of drug-likeness (QED) is 0.747. The second-order valence-electron chi connectivity index (χ2n) is 4.34. The highest BCUT2D eigenvalue weighted by Gasteiger charge is 2.04. The predicted octanol–water partition coefficient (Wildman–Crippen LogP) is 2.65. The fourth-order valence-electron chi connectivity index (χ4n) is 1.38. The number of hydrogen-bond acceptors (Lipinski definition) is 3. The molecule has 0 heterocycles. The maximum atomic E-state index is 11.5. The Kier molecular flexibility index (Phi) is 7.30. The molecule has 106 valence electrons. The molecule has 1 N–H and O–H groups in total. The summed E-state index contributed by atoms with van der Waals surface area (Å²) in [6, 6.07) is 7.07. The van der Waals surface area contributed by atoms with E-state index in [1.165, 1.54) is 0 Å². The van der Waals surface area contributed by atoms with E-state index >= 15 is 0 Å². The topological polar surface area (TPSA) is 47.6 Å². The van der Waals surface area contributed by atoms with Crippen molar-refractivity contribution < 1.29 is 14.3 Å². The maximum absolute atomic E-state index is 11.5. The average Bonchev–Trinajstić information content (AvgIpc) is 2.37. The molecule has 1 aromatic carbocycles. The number of rotatable bonds is 8. The highest BCUT2D eigenvalue weighted by molar-refractivity contribution is 6.32. The largest absolute Gasteiger partial charge is 0.482 e. The van der Waals surface area contributed by atoms with Gasteiger partial charge in [0.25, 0.3) is 5.91 Å². The van der Waals surface area contributed by atoms with Crippen LogP contribution in [-0.4, -0.2) is 31.8 Å². The zero-order valence-corrected chi connectivity index (χ0v) is 12.1. The van der Waals surface area contributed by atoms with E-state index in [9.17, 15) is 4.79 Å². The SMILES string of the molecule is CC(C)OCCCNC(=O)COc1ccccc1Cl. The van der Waals surface area contributed by atoms with Crippen molar-refractivity contribution in [2.75, 3.05) is 19.8 Å². The van der Waals surface area contributed by atoms with Gasteiger partial charge in [-0.05, 0) is 32.4 Å². The van der Waals surface area contributed by atoms with Crippen LogP contribution in [0.15, 0.2) is 24.3 Å². The zero-order valence-electron chi connectivity index (χ0n) is 11.3. The molecule has 0 aliphatic rings. The minimum Gasteiger partial charge on any atom is -0.482 e. The summed E-state index contributed by atoms with van der Waals surface area (Å²) in [6.07, 6.45) is 1.01. The van der Waals surface area contributed by atoms with E-state index in [0.717, 1.165) is 6.42 Å². The van der Waals surface area contributed by atoms with Crippen molar-refractivity contribution in [1.29, 1.82) is 0 Å². The maximum Gasteiger partial charge on any atom is 0.257 e. The lowest BCUT2D eigenvalue weighted by molar-refractivity contribution is -0.123. The molecule has 0 aromatic heterocycles. The number of ether oxygens (including phenoxy) is 2. The van der Waals surface area contributed by atoms with Crippen LogP contribution < -0.4 is 10.1 Å². The minimum absolute atomic E-state index is 0.0330. The molecule has 0 saturated carbocycles. The molecule has 0 saturated heterocycles. The molecular weight excluding hydrogens is 266 g/mol. The molecular formula is C14H20ClNO3. The molecule has 19 heavy (non-hydrogen) atoms. The molecule has 0 radical (unpaired) electrons. The number of amides is 1. The summed E-state index contributed by atoms with van der Waals surface area (Å²) >= 11 is 5.91. The Labute approximate surface area is 119 Å². The fraction of sp³-hybridized carbons (Fsp3) is 0.500. The minimum atomic E-state index is -0.163. The zero-order chi connectivity index (χ0) is 14.1. The van der Waals surface area contributed by atoms with Crippen molar-refractivity contribution in [3.8, 4) is 5.75 Å². The summed E-state index contributed by atoms with van der Waals surface area (Å²) in [6.45, 7) is 5.15. The van der Waals surface area contributed by atoms with Crippen LogP contribution in [0.3, 0.4) is 0 Å². The summed E-state index contributed by atoms with van der Waals surface area (Å²) < 4.78 is 10.7. The molecule has 0 bridgehead atoms. The van der Waals surface area contributed by atoms with Gasteiger partial charge in [-0.1, -0.05) is 23.7 Å². The molecule has 0 atom stereocenters. The molecule has 0 fully saturated rings. The lowest BCUT2D eigenvalue weighted by Gasteiger charge is -2.09. The molecule has 1 amide bonds. The second-order valence-corrected chi connectivity index (χ2v) is 4.75. The van der Waals surface area contributed by atoms with Crippen LogP contribution in [0.2, 0.25) is 5.02 Å². The lowest BCUT2D eigenvalue weighted by Crippen LogP contribution is -2.30. The van der Waals surface area contributed by atoms with E-state index in [2.05, 4.69) is 5.32 Å². The van der Waals surface area contributed by atoms with Gasteiger partial charge in [-0.15, -0.1) is 0 Å². The van der Waals surface area contributed by atoms with E-state index in [4.69, 9.17) is 21.1 Å². The van der Waals surface area contributed by atoms with Gasteiger partial charge >= 0.3 is 0 Å². The number of hydrogen-bond donors (Lipinski definition) is 1. The van der Waals surface area contributed by atoms with Crippen LogP contribution in [0.4, 0.5) is 0 Å². The van der Waals surface area contributed by atoms with Crippen molar-refractivity contribution >= 4 is 17.5 Å². The Morgan fingerprint density at radius 2 is 2.11 bits per heavy atom. The number of para-hydroxylation sites is 1. The van der Waals surface area contributed by atoms with Gasteiger partial charge in [0.05, 0.1) is 11.1 Å². The number of nitrogens with one attached hydrogen (secondary N) is 1. The first-order valence-corrected chi connectivity index (χ1v) is 6.73. The number of halogens is 1. The Morgan fingerprint density at radius 3 is 2.79 bits per heavy atom. The van der Waals surface area contributed by atoms with Gasteiger partial charge in [-0.2, -0.15) is 0 Å². The van der Waals surface area contributed by atoms with Gasteiger partial charge in [0, 0.05) is 13.2 Å². The highest BCUT2D eigenvalue weighted by Crippen LogP contribution is 2.22. The Bertz CT molecular complexity index is 396. The monoisotopic (exact) mass is 285 g/mol. The van der Waals surface area contributed by atoms with Crippen LogP contribution in [0.1, 0.15) is 20.3 Å². The third-order valence-corrected chi connectivity index (χ3v) is 2.60. The predicted molar refractivity (Wildman–Crippen MR) is 75.7 cm³/mol. The molecule has 1 rings (SSSR count). The van der Waals surface area contributed by atoms with Gasteiger partial charge in [-0.3, -0.25) is 4.79 Å². The molecule has 5 heteroatoms. The standard InChI is InChI=1S/C14H20ClNO3/c1-11(2)18-9-5-8-16-14(17)10-19-13-7-4-3-6-12(13)15/h3-4,6-7,11H,5,8-10H2,1-2H3,(H,16,17). The third-order valence-electron chi connectivity index (χ3n) is 2.29. The smallest absolute Gasteiger partial charge is 0.257 e. The van der Waals surface area contributed by atoms with Crippen molar-refractivity contribution in [2.24, 2.45) is 0 Å². The van der Waals surface area contributed by atoms with Crippen molar-refractivity contribution in [1.82, 2.24) is 5.32 Å². The van der Waals surface area contributed by atoms with Gasteiger partial charge in [0.15, 0.2) is 6.61 Å². The molecule has 0 aliphatic heterocycles. The van der Waals surface area contributed by atoms with Crippen molar-refractivity contribution in [3.63, 3.8) is 0 Å². The molecule has 0 unspecified atom stereocenters.